The van der Waals surface area contributed by atoms with Gasteiger partial charge in [-0.25, -0.2) is 0 Å². The van der Waals surface area contributed by atoms with Gasteiger partial charge in [0.25, 0.3) is 0 Å². The van der Waals surface area contributed by atoms with Crippen LogP contribution in [0, 0.1) is 10.8 Å². The van der Waals surface area contributed by atoms with E-state index < -0.39 is 10.8 Å². The van der Waals surface area contributed by atoms with E-state index in [-0.39, 0.29) is 17.3 Å². The van der Waals surface area contributed by atoms with E-state index in [9.17, 15) is 14.7 Å². The summed E-state index contributed by atoms with van der Waals surface area (Å²) in [5.41, 5.74) is -0.948. The first kappa shape index (κ1) is 13.7. The van der Waals surface area contributed by atoms with Crippen LogP contribution in [-0.2, 0) is 9.59 Å². The van der Waals surface area contributed by atoms with Gasteiger partial charge in [-0.2, -0.15) is 0 Å². The molecule has 0 saturated carbocycles. The van der Waals surface area contributed by atoms with Crippen LogP contribution in [0.3, 0.4) is 0 Å². The number of carbonyl (C=O) groups is 2. The first-order chi connectivity index (χ1) is 7.52. The number of hydrogen-bond acceptors (Lipinski definition) is 3. The lowest BCUT2D eigenvalue weighted by atomic mass is 9.63. The van der Waals surface area contributed by atoms with Crippen molar-refractivity contribution in [3.63, 3.8) is 0 Å². The number of aliphatic hydroxyl groups excluding tert-OH is 1. The summed E-state index contributed by atoms with van der Waals surface area (Å²) >= 11 is 0. The molecule has 94 valence electrons. The third-order valence-electron chi connectivity index (χ3n) is 3.33. The van der Waals surface area contributed by atoms with Crippen LogP contribution in [0.25, 0.3) is 0 Å². The summed E-state index contributed by atoms with van der Waals surface area (Å²) in [4.78, 5) is 24.4. The Kier molecular flexibility index (Phi) is 3.08. The molecule has 0 radical (unpaired) electrons. The van der Waals surface area contributed by atoms with Gasteiger partial charge in [0.05, 0.1) is 10.8 Å². The van der Waals surface area contributed by atoms with Crippen LogP contribution in [0.2, 0.25) is 0 Å². The van der Waals surface area contributed by atoms with Gasteiger partial charge in [-0.15, -0.1) is 0 Å². The van der Waals surface area contributed by atoms with Gasteiger partial charge in [0.1, 0.15) is 5.76 Å². The molecule has 1 rings (SSSR count). The molecule has 0 unspecified atom stereocenters. The molecular weight excluding hydrogens is 216 g/mol. The largest absolute Gasteiger partial charge is 0.511 e. The molecule has 17 heavy (non-hydrogen) atoms. The maximum absolute atomic E-state index is 12.2. The maximum atomic E-state index is 12.2. The summed E-state index contributed by atoms with van der Waals surface area (Å²) in [6.45, 7) is 12.1. The molecule has 0 amide bonds. The highest BCUT2D eigenvalue weighted by Crippen LogP contribution is 2.44. The van der Waals surface area contributed by atoms with Crippen LogP contribution in [0.15, 0.2) is 23.5 Å². The molecule has 0 aliphatic heterocycles. The second kappa shape index (κ2) is 3.83. The highest BCUT2D eigenvalue weighted by Gasteiger charge is 2.52. The van der Waals surface area contributed by atoms with Crippen molar-refractivity contribution in [3.8, 4) is 0 Å². The molecule has 0 aromatic carbocycles. The SMILES string of the molecule is C=C(C)CC1=C(O)C(C)(C)C(=O)C(C)(C)C1=O. The summed E-state index contributed by atoms with van der Waals surface area (Å²) < 4.78 is 0. The van der Waals surface area contributed by atoms with Gasteiger partial charge in [0.15, 0.2) is 11.6 Å². The van der Waals surface area contributed by atoms with E-state index in [1.165, 1.54) is 0 Å². The molecule has 1 aliphatic rings. The first-order valence-corrected chi connectivity index (χ1v) is 5.69. The van der Waals surface area contributed by atoms with Crippen molar-refractivity contribution in [2.45, 2.75) is 41.0 Å². The molecule has 3 heteroatoms. The Morgan fingerprint density at radius 1 is 1.18 bits per heavy atom. The number of rotatable bonds is 2. The first-order valence-electron chi connectivity index (χ1n) is 5.69. The van der Waals surface area contributed by atoms with Crippen molar-refractivity contribution in [1.29, 1.82) is 0 Å². The van der Waals surface area contributed by atoms with Gasteiger partial charge in [0, 0.05) is 5.57 Å². The summed E-state index contributed by atoms with van der Waals surface area (Å²) in [6.07, 6.45) is 0.324. The van der Waals surface area contributed by atoms with E-state index in [2.05, 4.69) is 6.58 Å². The maximum Gasteiger partial charge on any atom is 0.175 e. The fourth-order valence-corrected chi connectivity index (χ4v) is 2.32. The Bertz CT molecular complexity index is 436. The Morgan fingerprint density at radius 2 is 1.65 bits per heavy atom. The zero-order valence-corrected chi connectivity index (χ0v) is 11.2. The standard InChI is InChI=1S/C14H20O3/c1-8(2)7-9-10(15)13(3,4)12(17)14(5,6)11(9)16/h15H,1,7H2,2-6H3. The van der Waals surface area contributed by atoms with Gasteiger partial charge in [-0.3, -0.25) is 9.59 Å². The highest BCUT2D eigenvalue weighted by atomic mass is 16.3. The van der Waals surface area contributed by atoms with Crippen LogP contribution in [-0.4, -0.2) is 16.7 Å². The van der Waals surface area contributed by atoms with Gasteiger partial charge < -0.3 is 5.11 Å². The lowest BCUT2D eigenvalue weighted by Gasteiger charge is -2.38. The van der Waals surface area contributed by atoms with Crippen molar-refractivity contribution in [2.75, 3.05) is 0 Å². The Labute approximate surface area is 102 Å². The second-order valence-electron chi connectivity index (χ2n) is 5.87. The van der Waals surface area contributed by atoms with Gasteiger partial charge >= 0.3 is 0 Å². The molecule has 3 nitrogen and oxygen atoms in total. The molecule has 0 fully saturated rings. The monoisotopic (exact) mass is 236 g/mol. The third kappa shape index (κ3) is 1.94. The third-order valence-corrected chi connectivity index (χ3v) is 3.33. The predicted molar refractivity (Wildman–Crippen MR) is 66.7 cm³/mol. The molecule has 1 aliphatic carbocycles. The lowest BCUT2D eigenvalue weighted by molar-refractivity contribution is -0.144. The zero-order chi connectivity index (χ0) is 13.6. The lowest BCUT2D eigenvalue weighted by Crippen LogP contribution is -2.48. The second-order valence-corrected chi connectivity index (χ2v) is 5.87. The molecule has 1 N–H and O–H groups in total. The highest BCUT2D eigenvalue weighted by molar-refractivity contribution is 6.19. The minimum Gasteiger partial charge on any atom is -0.511 e. The molecule has 0 heterocycles. The summed E-state index contributed by atoms with van der Waals surface area (Å²) in [7, 11) is 0. The van der Waals surface area contributed by atoms with E-state index in [1.807, 2.05) is 0 Å². The Morgan fingerprint density at radius 3 is 2.06 bits per heavy atom. The van der Waals surface area contributed by atoms with E-state index in [1.54, 1.807) is 34.6 Å². The molecule has 0 aromatic rings. The molecule has 0 aromatic heterocycles. The summed E-state index contributed by atoms with van der Waals surface area (Å²) in [5.74, 6) is -0.630. The minimum atomic E-state index is -1.07. The molecule has 0 saturated heterocycles. The fraction of sp³-hybridized carbons (Fsp3) is 0.571. The van der Waals surface area contributed by atoms with Crippen molar-refractivity contribution < 1.29 is 14.7 Å². The summed E-state index contributed by atoms with van der Waals surface area (Å²) in [5, 5.41) is 10.1. The van der Waals surface area contributed by atoms with E-state index in [4.69, 9.17) is 0 Å². The number of Topliss-reactive ketones (excluding diaryl/α,β-unsaturated/α-hetero) is 2. The minimum absolute atomic E-state index is 0.102. The Balaban J connectivity index is 3.44. The van der Waals surface area contributed by atoms with E-state index in [0.717, 1.165) is 5.57 Å². The van der Waals surface area contributed by atoms with Crippen LogP contribution < -0.4 is 0 Å². The summed E-state index contributed by atoms with van der Waals surface area (Å²) in [6, 6.07) is 0. The van der Waals surface area contributed by atoms with Crippen LogP contribution >= 0.6 is 0 Å². The quantitative estimate of drug-likeness (QED) is 0.592. The van der Waals surface area contributed by atoms with Gasteiger partial charge in [-0.05, 0) is 41.0 Å². The number of hydrogen-bond donors (Lipinski definition) is 1. The zero-order valence-electron chi connectivity index (χ0n) is 11.2. The fourth-order valence-electron chi connectivity index (χ4n) is 2.32. The van der Waals surface area contributed by atoms with Crippen LogP contribution in [0.1, 0.15) is 41.0 Å². The molecule has 0 bridgehead atoms. The van der Waals surface area contributed by atoms with Gasteiger partial charge in [0.2, 0.25) is 0 Å². The number of carbonyl (C=O) groups excluding carboxylic acids is 2. The average Bonchev–Trinajstić information content (AvgIpc) is 2.20. The number of allylic oxidation sites excluding steroid dienone is 3. The van der Waals surface area contributed by atoms with E-state index >= 15 is 0 Å². The van der Waals surface area contributed by atoms with Crippen LogP contribution in [0.5, 0.6) is 0 Å². The van der Waals surface area contributed by atoms with Crippen molar-refractivity contribution in [3.05, 3.63) is 23.5 Å². The van der Waals surface area contributed by atoms with Gasteiger partial charge in [-0.1, -0.05) is 12.2 Å². The molecule has 0 atom stereocenters. The predicted octanol–water partition coefficient (Wildman–Crippen LogP) is 2.97. The molecular formula is C14H20O3. The normalized spacial score (nSPS) is 22.9. The Hall–Kier alpha value is -1.38. The molecule has 0 spiro atoms. The topological polar surface area (TPSA) is 54.4 Å². The van der Waals surface area contributed by atoms with Crippen LogP contribution in [0.4, 0.5) is 0 Å². The van der Waals surface area contributed by atoms with Crippen molar-refractivity contribution in [1.82, 2.24) is 0 Å². The average molecular weight is 236 g/mol. The smallest absolute Gasteiger partial charge is 0.175 e. The van der Waals surface area contributed by atoms with E-state index in [0.29, 0.717) is 12.0 Å². The number of ketones is 2. The van der Waals surface area contributed by atoms with Crippen molar-refractivity contribution >= 4 is 11.6 Å². The number of aliphatic hydroxyl groups is 1. The van der Waals surface area contributed by atoms with Crippen molar-refractivity contribution in [2.24, 2.45) is 10.8 Å².